The number of hydrogen-bond donors (Lipinski definition) is 1. The summed E-state index contributed by atoms with van der Waals surface area (Å²) in [7, 11) is 0. The molecule has 8 heteroatoms. The van der Waals surface area contributed by atoms with E-state index >= 15 is 0 Å². The Balaban J connectivity index is 1.22. The zero-order valence-electron chi connectivity index (χ0n) is 16.2. The van der Waals surface area contributed by atoms with E-state index in [0.717, 1.165) is 74.9 Å². The number of carbonyl (C=O) groups is 1. The number of fused-ring (bicyclic) bond motifs is 3. The number of aromatic nitrogens is 2. The lowest BCUT2D eigenvalue weighted by atomic mass is 10.1. The Morgan fingerprint density at radius 2 is 2.00 bits per heavy atom. The van der Waals surface area contributed by atoms with Crippen LogP contribution >= 0.6 is 0 Å². The fourth-order valence-electron chi connectivity index (χ4n) is 4.48. The van der Waals surface area contributed by atoms with Crippen LogP contribution in [0.15, 0.2) is 30.6 Å². The molecule has 29 heavy (non-hydrogen) atoms. The molecule has 2 fully saturated rings. The average molecular weight is 389 g/mol. The summed E-state index contributed by atoms with van der Waals surface area (Å²) in [6.07, 6.45) is 5.67. The molecule has 0 bridgehead atoms. The SMILES string of the molecule is N#Cc1ccc(N2CCN(Cc3cnc4c(c3)NC(=O)[C@@H]3CCCN43)CC2)cn1. The smallest absolute Gasteiger partial charge is 0.247 e. The van der Waals surface area contributed by atoms with Crippen molar-refractivity contribution in [1.29, 1.82) is 5.26 Å². The minimum Gasteiger partial charge on any atom is -0.368 e. The second-order valence-corrected chi connectivity index (χ2v) is 7.83. The molecule has 148 valence electrons. The van der Waals surface area contributed by atoms with Crippen LogP contribution in [0.1, 0.15) is 24.1 Å². The summed E-state index contributed by atoms with van der Waals surface area (Å²) < 4.78 is 0. The van der Waals surface area contributed by atoms with Crippen LogP contribution in [0.5, 0.6) is 0 Å². The van der Waals surface area contributed by atoms with Gasteiger partial charge in [-0.15, -0.1) is 0 Å². The maximum Gasteiger partial charge on any atom is 0.247 e. The molecule has 0 aromatic carbocycles. The number of piperazine rings is 1. The molecule has 0 aliphatic carbocycles. The van der Waals surface area contributed by atoms with Gasteiger partial charge in [0.05, 0.1) is 17.6 Å². The molecule has 3 aliphatic heterocycles. The number of pyridine rings is 2. The van der Waals surface area contributed by atoms with Crippen molar-refractivity contribution in [1.82, 2.24) is 14.9 Å². The molecular weight excluding hydrogens is 366 g/mol. The second-order valence-electron chi connectivity index (χ2n) is 7.83. The van der Waals surface area contributed by atoms with Gasteiger partial charge in [0.2, 0.25) is 5.91 Å². The normalized spacial score (nSPS) is 21.3. The lowest BCUT2D eigenvalue weighted by molar-refractivity contribution is -0.117. The van der Waals surface area contributed by atoms with Crippen LogP contribution in [0.3, 0.4) is 0 Å². The van der Waals surface area contributed by atoms with E-state index in [1.165, 1.54) is 0 Å². The number of rotatable bonds is 3. The lowest BCUT2D eigenvalue weighted by Crippen LogP contribution is -2.46. The minimum atomic E-state index is -0.0503. The molecule has 0 radical (unpaired) electrons. The summed E-state index contributed by atoms with van der Waals surface area (Å²) in [5, 5.41) is 11.9. The average Bonchev–Trinajstić information content (AvgIpc) is 3.25. The van der Waals surface area contributed by atoms with Crippen LogP contribution in [0.2, 0.25) is 0 Å². The van der Waals surface area contributed by atoms with E-state index in [0.29, 0.717) is 5.69 Å². The molecule has 0 spiro atoms. The van der Waals surface area contributed by atoms with Crippen molar-refractivity contribution in [3.05, 3.63) is 41.9 Å². The number of hydrogen-bond acceptors (Lipinski definition) is 7. The predicted molar refractivity (Wildman–Crippen MR) is 110 cm³/mol. The number of anilines is 3. The number of nitriles is 1. The molecule has 1 N–H and O–H groups in total. The molecule has 1 atom stereocenters. The first-order valence-electron chi connectivity index (χ1n) is 10.1. The third kappa shape index (κ3) is 3.38. The van der Waals surface area contributed by atoms with Gasteiger partial charge in [0.1, 0.15) is 17.8 Å². The highest BCUT2D eigenvalue weighted by Crippen LogP contribution is 2.35. The monoisotopic (exact) mass is 389 g/mol. The van der Waals surface area contributed by atoms with Crippen molar-refractivity contribution >= 4 is 23.1 Å². The Labute approximate surface area is 169 Å². The van der Waals surface area contributed by atoms with Crippen molar-refractivity contribution in [3.8, 4) is 6.07 Å². The van der Waals surface area contributed by atoms with Crippen LogP contribution in [0, 0.1) is 11.3 Å². The third-order valence-corrected chi connectivity index (χ3v) is 6.01. The van der Waals surface area contributed by atoms with Crippen LogP contribution < -0.4 is 15.1 Å². The van der Waals surface area contributed by atoms with Crippen LogP contribution in [-0.2, 0) is 11.3 Å². The largest absolute Gasteiger partial charge is 0.368 e. The number of amides is 1. The van der Waals surface area contributed by atoms with E-state index in [-0.39, 0.29) is 11.9 Å². The molecule has 3 aliphatic rings. The molecule has 2 aromatic heterocycles. The van der Waals surface area contributed by atoms with Crippen molar-refractivity contribution in [2.75, 3.05) is 47.8 Å². The van der Waals surface area contributed by atoms with Crippen molar-refractivity contribution < 1.29 is 4.79 Å². The molecule has 5 rings (SSSR count). The fraction of sp³-hybridized carbons (Fsp3) is 0.429. The quantitative estimate of drug-likeness (QED) is 0.853. The van der Waals surface area contributed by atoms with E-state index in [1.807, 2.05) is 12.3 Å². The summed E-state index contributed by atoms with van der Waals surface area (Å²) in [6, 6.07) is 7.80. The molecule has 8 nitrogen and oxygen atoms in total. The minimum absolute atomic E-state index is 0.0503. The number of nitrogens with zero attached hydrogens (tertiary/aromatic N) is 6. The fourth-order valence-corrected chi connectivity index (χ4v) is 4.48. The first-order chi connectivity index (χ1) is 14.2. The Bertz CT molecular complexity index is 960. The number of nitrogens with one attached hydrogen (secondary N) is 1. The zero-order chi connectivity index (χ0) is 19.8. The molecule has 2 aromatic rings. The summed E-state index contributed by atoms with van der Waals surface area (Å²) >= 11 is 0. The van der Waals surface area contributed by atoms with Crippen LogP contribution in [-0.4, -0.2) is 59.5 Å². The molecular formula is C21H23N7O. The van der Waals surface area contributed by atoms with Gasteiger partial charge in [0.25, 0.3) is 0 Å². The highest BCUT2D eigenvalue weighted by molar-refractivity contribution is 6.03. The standard InChI is InChI=1S/C21H23N7O/c22-11-16-3-4-17(13-23-16)27-8-6-26(7-9-27)14-15-10-18-20(24-12-15)28-5-1-2-19(28)21(29)25-18/h3-4,10,12-13,19H,1-2,5-9,14H2,(H,25,29)/t19-/m0/s1. The van der Waals surface area contributed by atoms with E-state index in [4.69, 9.17) is 5.26 Å². The summed E-state index contributed by atoms with van der Waals surface area (Å²) in [6.45, 7) is 5.44. The van der Waals surface area contributed by atoms with Gasteiger partial charge in [-0.2, -0.15) is 5.26 Å². The summed E-state index contributed by atoms with van der Waals surface area (Å²) in [4.78, 5) is 28.0. The van der Waals surface area contributed by atoms with Gasteiger partial charge >= 0.3 is 0 Å². The Morgan fingerprint density at radius 1 is 1.14 bits per heavy atom. The van der Waals surface area contributed by atoms with Crippen molar-refractivity contribution in [2.45, 2.75) is 25.4 Å². The van der Waals surface area contributed by atoms with Gasteiger partial charge in [-0.3, -0.25) is 9.69 Å². The van der Waals surface area contributed by atoms with Gasteiger partial charge in [-0.05, 0) is 36.6 Å². The van der Waals surface area contributed by atoms with Gasteiger partial charge in [0, 0.05) is 45.5 Å². The van der Waals surface area contributed by atoms with Gasteiger partial charge in [-0.25, -0.2) is 9.97 Å². The predicted octanol–water partition coefficient (Wildman–Crippen LogP) is 1.59. The number of carbonyl (C=O) groups excluding carboxylic acids is 1. The van der Waals surface area contributed by atoms with E-state index in [9.17, 15) is 4.79 Å². The molecule has 0 unspecified atom stereocenters. The molecule has 2 saturated heterocycles. The van der Waals surface area contributed by atoms with E-state index < -0.39 is 0 Å². The van der Waals surface area contributed by atoms with Gasteiger partial charge < -0.3 is 15.1 Å². The van der Waals surface area contributed by atoms with E-state index in [2.05, 4.69) is 42.1 Å². The van der Waals surface area contributed by atoms with Crippen LogP contribution in [0.4, 0.5) is 17.2 Å². The zero-order valence-corrected chi connectivity index (χ0v) is 16.2. The second kappa shape index (κ2) is 7.33. The van der Waals surface area contributed by atoms with E-state index in [1.54, 1.807) is 12.3 Å². The lowest BCUT2D eigenvalue weighted by Gasteiger charge is -2.36. The first kappa shape index (κ1) is 17.9. The molecule has 5 heterocycles. The Morgan fingerprint density at radius 3 is 2.76 bits per heavy atom. The maximum absolute atomic E-state index is 12.3. The summed E-state index contributed by atoms with van der Waals surface area (Å²) in [5.74, 6) is 1.01. The topological polar surface area (TPSA) is 88.4 Å². The maximum atomic E-state index is 12.3. The van der Waals surface area contributed by atoms with Crippen molar-refractivity contribution in [2.24, 2.45) is 0 Å². The third-order valence-electron chi connectivity index (χ3n) is 6.01. The van der Waals surface area contributed by atoms with Gasteiger partial charge in [-0.1, -0.05) is 0 Å². The molecule has 1 amide bonds. The first-order valence-corrected chi connectivity index (χ1v) is 10.1. The summed E-state index contributed by atoms with van der Waals surface area (Å²) in [5.41, 5.74) is 3.46. The highest BCUT2D eigenvalue weighted by Gasteiger charge is 2.37. The Hall–Kier alpha value is -3.18. The van der Waals surface area contributed by atoms with Gasteiger partial charge in [0.15, 0.2) is 5.82 Å². The van der Waals surface area contributed by atoms with Crippen LogP contribution in [0.25, 0.3) is 0 Å². The Kier molecular flexibility index (Phi) is 4.52. The highest BCUT2D eigenvalue weighted by atomic mass is 16.2. The van der Waals surface area contributed by atoms with Crippen molar-refractivity contribution in [3.63, 3.8) is 0 Å². The molecule has 0 saturated carbocycles.